The van der Waals surface area contributed by atoms with E-state index in [0.29, 0.717) is 16.0 Å². The molecule has 1 aromatic heterocycles. The van der Waals surface area contributed by atoms with Crippen LogP contribution in [0.25, 0.3) is 12.2 Å². The van der Waals surface area contributed by atoms with E-state index in [9.17, 15) is 22.8 Å². The summed E-state index contributed by atoms with van der Waals surface area (Å²) < 4.78 is 44.0. The molecule has 4 nitrogen and oxygen atoms in total. The van der Waals surface area contributed by atoms with Crippen molar-refractivity contribution in [3.05, 3.63) is 84.8 Å². The van der Waals surface area contributed by atoms with Crippen molar-refractivity contribution in [3.8, 4) is 5.75 Å². The summed E-state index contributed by atoms with van der Waals surface area (Å²) in [7, 11) is 1.52. The fraction of sp³-hybridized carbons (Fsp3) is 0.100. The topological polar surface area (TPSA) is 59.2 Å². The van der Waals surface area contributed by atoms with Gasteiger partial charge in [-0.25, -0.2) is 0 Å². The van der Waals surface area contributed by atoms with Gasteiger partial charge in [0.05, 0.1) is 21.9 Å². The minimum atomic E-state index is -4.46. The lowest BCUT2D eigenvalue weighted by atomic mass is 10.1. The van der Waals surface area contributed by atoms with Crippen molar-refractivity contribution in [2.24, 2.45) is 0 Å². The van der Waals surface area contributed by atoms with Crippen molar-refractivity contribution in [1.82, 2.24) is 4.98 Å². The predicted octanol–water partition coefficient (Wildman–Crippen LogP) is 2.96. The summed E-state index contributed by atoms with van der Waals surface area (Å²) in [5, 5.41) is 0. The van der Waals surface area contributed by atoms with Crippen molar-refractivity contribution in [1.29, 1.82) is 0 Å². The van der Waals surface area contributed by atoms with Crippen molar-refractivity contribution in [2.45, 2.75) is 6.18 Å². The average Bonchev–Trinajstić information content (AvgIpc) is 3.00. The lowest BCUT2D eigenvalue weighted by Gasteiger charge is -2.06. The normalized spacial score (nSPS) is 13.0. The van der Waals surface area contributed by atoms with Crippen LogP contribution in [0, 0.1) is 0 Å². The second kappa shape index (κ2) is 7.85. The van der Waals surface area contributed by atoms with Crippen LogP contribution in [0.2, 0.25) is 0 Å². The van der Waals surface area contributed by atoms with Gasteiger partial charge in [0.25, 0.3) is 5.56 Å². The highest BCUT2D eigenvalue weighted by atomic mass is 32.1. The van der Waals surface area contributed by atoms with E-state index in [-0.39, 0.29) is 15.9 Å². The van der Waals surface area contributed by atoms with Gasteiger partial charge < -0.3 is 9.72 Å². The van der Waals surface area contributed by atoms with E-state index in [2.05, 4.69) is 4.98 Å². The van der Waals surface area contributed by atoms with Crippen molar-refractivity contribution in [2.75, 3.05) is 7.11 Å². The van der Waals surface area contributed by atoms with Gasteiger partial charge in [0.15, 0.2) is 5.78 Å². The number of halogens is 3. The Morgan fingerprint density at radius 1 is 1.14 bits per heavy atom. The SMILES string of the molecule is COc1ccc(C(=O)/C=c2\[nH]c(=O)/c(=C\c3cccc(C(F)(F)F)c3)s2)cc1. The van der Waals surface area contributed by atoms with E-state index in [0.717, 1.165) is 23.5 Å². The molecule has 0 aliphatic carbocycles. The maximum absolute atomic E-state index is 12.8. The van der Waals surface area contributed by atoms with Crippen LogP contribution in [-0.2, 0) is 6.18 Å². The number of aromatic amines is 1. The number of ether oxygens (including phenoxy) is 1. The molecular formula is C20H14F3NO3S. The highest BCUT2D eigenvalue weighted by Crippen LogP contribution is 2.29. The quantitative estimate of drug-likeness (QED) is 0.679. The Morgan fingerprint density at radius 2 is 1.86 bits per heavy atom. The molecule has 0 saturated carbocycles. The largest absolute Gasteiger partial charge is 0.497 e. The fourth-order valence-electron chi connectivity index (χ4n) is 2.44. The number of thiazole rings is 1. The van der Waals surface area contributed by atoms with Crippen LogP contribution in [0.15, 0.2) is 53.3 Å². The first-order valence-electron chi connectivity index (χ1n) is 8.04. The van der Waals surface area contributed by atoms with Crippen LogP contribution in [0.1, 0.15) is 21.5 Å². The van der Waals surface area contributed by atoms with Gasteiger partial charge in [-0.15, -0.1) is 11.3 Å². The first kappa shape index (κ1) is 19.6. The molecule has 0 bridgehead atoms. The Morgan fingerprint density at radius 3 is 2.50 bits per heavy atom. The third-order valence-corrected chi connectivity index (χ3v) is 4.79. The highest BCUT2D eigenvalue weighted by molar-refractivity contribution is 7.07. The number of nitrogens with one attached hydrogen (secondary N) is 1. The monoisotopic (exact) mass is 405 g/mol. The standard InChI is InChI=1S/C20H14F3NO3S/c1-27-15-7-5-13(6-8-15)16(25)11-18-24-19(26)17(28-18)10-12-3-2-4-14(9-12)20(21,22)23/h2-11H,1H3,(H,24,26)/b17-10+,18-11+. The average molecular weight is 405 g/mol. The number of methoxy groups -OCH3 is 1. The van der Waals surface area contributed by atoms with Crippen LogP contribution in [0.5, 0.6) is 5.75 Å². The van der Waals surface area contributed by atoms with E-state index in [4.69, 9.17) is 4.74 Å². The maximum atomic E-state index is 12.8. The molecule has 0 unspecified atom stereocenters. The molecule has 0 atom stereocenters. The second-order valence-corrected chi connectivity index (χ2v) is 6.87. The smallest absolute Gasteiger partial charge is 0.416 e. The summed E-state index contributed by atoms with van der Waals surface area (Å²) in [5.41, 5.74) is -0.611. The van der Waals surface area contributed by atoms with Crippen molar-refractivity contribution in [3.63, 3.8) is 0 Å². The Labute approximate surface area is 161 Å². The number of ketones is 1. The summed E-state index contributed by atoms with van der Waals surface area (Å²) in [4.78, 5) is 26.9. The molecule has 1 N–H and O–H groups in total. The van der Waals surface area contributed by atoms with Crippen molar-refractivity contribution >= 4 is 29.3 Å². The first-order chi connectivity index (χ1) is 13.3. The minimum absolute atomic E-state index is 0.202. The molecule has 0 spiro atoms. The Hall–Kier alpha value is -3.13. The van der Waals surface area contributed by atoms with Crippen LogP contribution in [0.4, 0.5) is 13.2 Å². The molecule has 1 heterocycles. The van der Waals surface area contributed by atoms with Gasteiger partial charge in [-0.1, -0.05) is 12.1 Å². The van der Waals surface area contributed by atoms with Crippen LogP contribution in [0.3, 0.4) is 0 Å². The molecule has 0 radical (unpaired) electrons. The molecule has 28 heavy (non-hydrogen) atoms. The number of aromatic nitrogens is 1. The molecule has 144 valence electrons. The van der Waals surface area contributed by atoms with Crippen LogP contribution < -0.4 is 19.5 Å². The van der Waals surface area contributed by atoms with Crippen LogP contribution in [-0.4, -0.2) is 17.9 Å². The number of rotatable bonds is 4. The van der Waals surface area contributed by atoms with Gasteiger partial charge in [-0.2, -0.15) is 13.2 Å². The lowest BCUT2D eigenvalue weighted by molar-refractivity contribution is -0.137. The molecule has 3 aromatic rings. The fourth-order valence-corrected chi connectivity index (χ4v) is 3.32. The molecular weight excluding hydrogens is 391 g/mol. The maximum Gasteiger partial charge on any atom is 0.416 e. The van der Waals surface area contributed by atoms with E-state index < -0.39 is 17.3 Å². The summed E-state index contributed by atoms with van der Waals surface area (Å²) in [5.74, 6) is 0.296. The highest BCUT2D eigenvalue weighted by Gasteiger charge is 2.30. The zero-order valence-corrected chi connectivity index (χ0v) is 15.4. The molecule has 2 aromatic carbocycles. The van der Waals surface area contributed by atoms with Gasteiger partial charge in [0.1, 0.15) is 5.75 Å². The van der Waals surface area contributed by atoms with E-state index in [1.807, 2.05) is 0 Å². The molecule has 0 amide bonds. The Balaban J connectivity index is 1.94. The zero-order valence-electron chi connectivity index (χ0n) is 14.5. The molecule has 3 rings (SSSR count). The molecule has 0 fully saturated rings. The Bertz CT molecular complexity index is 1170. The minimum Gasteiger partial charge on any atom is -0.497 e. The molecule has 0 aliphatic rings. The van der Waals surface area contributed by atoms with E-state index >= 15 is 0 Å². The third kappa shape index (κ3) is 4.58. The van der Waals surface area contributed by atoms with E-state index in [1.54, 1.807) is 24.3 Å². The summed E-state index contributed by atoms with van der Waals surface area (Å²) in [6.07, 6.45) is -1.83. The van der Waals surface area contributed by atoms with Gasteiger partial charge in [-0.05, 0) is 48.0 Å². The molecule has 8 heteroatoms. The summed E-state index contributed by atoms with van der Waals surface area (Å²) in [6, 6.07) is 11.2. The van der Waals surface area contributed by atoms with Crippen molar-refractivity contribution < 1.29 is 22.7 Å². The zero-order chi connectivity index (χ0) is 20.3. The van der Waals surface area contributed by atoms with Gasteiger partial charge in [0.2, 0.25) is 0 Å². The van der Waals surface area contributed by atoms with Crippen LogP contribution >= 0.6 is 11.3 Å². The summed E-state index contributed by atoms with van der Waals surface area (Å²) in [6.45, 7) is 0. The third-order valence-electron chi connectivity index (χ3n) is 3.83. The second-order valence-electron chi connectivity index (χ2n) is 5.79. The number of benzene rings is 2. The number of carbonyl (C=O) groups excluding carboxylic acids is 1. The number of carbonyl (C=O) groups is 1. The number of alkyl halides is 3. The predicted molar refractivity (Wildman–Crippen MR) is 101 cm³/mol. The summed E-state index contributed by atoms with van der Waals surface area (Å²) >= 11 is 0.992. The van der Waals surface area contributed by atoms with Gasteiger partial charge in [-0.3, -0.25) is 9.59 Å². The molecule has 0 saturated heterocycles. The van der Waals surface area contributed by atoms with Gasteiger partial charge >= 0.3 is 6.18 Å². The van der Waals surface area contributed by atoms with Gasteiger partial charge in [0, 0.05) is 11.6 Å². The lowest BCUT2D eigenvalue weighted by Crippen LogP contribution is -2.20. The number of hydrogen-bond donors (Lipinski definition) is 1. The number of hydrogen-bond acceptors (Lipinski definition) is 4. The molecule has 0 aliphatic heterocycles. The number of Topliss-reactive ketones (excluding diaryl/α,β-unsaturated/α-hetero) is 1. The van der Waals surface area contributed by atoms with E-state index in [1.165, 1.54) is 31.4 Å². The Kier molecular flexibility index (Phi) is 5.51. The first-order valence-corrected chi connectivity index (χ1v) is 8.86. The number of H-pyrrole nitrogens is 1.